The second-order valence-corrected chi connectivity index (χ2v) is 6.92. The first-order chi connectivity index (χ1) is 9.61. The molecule has 2 fully saturated rings. The summed E-state index contributed by atoms with van der Waals surface area (Å²) < 4.78 is 0. The van der Waals surface area contributed by atoms with Gasteiger partial charge < -0.3 is 5.32 Å². The van der Waals surface area contributed by atoms with Gasteiger partial charge in [0, 0.05) is 18.6 Å². The normalized spacial score (nSPS) is 31.5. The Morgan fingerprint density at radius 1 is 1.30 bits per heavy atom. The summed E-state index contributed by atoms with van der Waals surface area (Å²) in [5.41, 5.74) is 1.27. The maximum Gasteiger partial charge on any atom is 0.0595 e. The highest BCUT2D eigenvalue weighted by molar-refractivity contribution is 6.42. The summed E-state index contributed by atoms with van der Waals surface area (Å²) in [7, 11) is 0. The molecule has 2 saturated heterocycles. The SMILES string of the molecule is CCC1C2CNCC2CN1C(C)c1ccc(Cl)c(Cl)c1. The molecule has 1 N–H and O–H groups in total. The van der Waals surface area contributed by atoms with Crippen molar-refractivity contribution in [2.24, 2.45) is 11.8 Å². The summed E-state index contributed by atoms with van der Waals surface area (Å²) in [5, 5.41) is 4.83. The van der Waals surface area contributed by atoms with E-state index in [0.717, 1.165) is 11.8 Å². The molecule has 0 spiro atoms. The van der Waals surface area contributed by atoms with Crippen LogP contribution in [0.3, 0.4) is 0 Å². The summed E-state index contributed by atoms with van der Waals surface area (Å²) in [6.45, 7) is 8.13. The lowest BCUT2D eigenvalue weighted by atomic mass is 9.92. The average Bonchev–Trinajstić information content (AvgIpc) is 3.01. The number of likely N-dealkylation sites (tertiary alicyclic amines) is 1. The van der Waals surface area contributed by atoms with Gasteiger partial charge in [0.25, 0.3) is 0 Å². The zero-order chi connectivity index (χ0) is 14.3. The van der Waals surface area contributed by atoms with Gasteiger partial charge in [-0.15, -0.1) is 0 Å². The van der Waals surface area contributed by atoms with Crippen molar-refractivity contribution >= 4 is 23.2 Å². The fraction of sp³-hybridized carbons (Fsp3) is 0.625. The highest BCUT2D eigenvalue weighted by Gasteiger charge is 2.44. The first-order valence-corrected chi connectivity index (χ1v) is 8.28. The van der Waals surface area contributed by atoms with Crippen LogP contribution in [-0.4, -0.2) is 30.6 Å². The fourth-order valence-electron chi connectivity index (χ4n) is 4.00. The average molecular weight is 313 g/mol. The molecule has 0 radical (unpaired) electrons. The predicted octanol–water partition coefficient (Wildman–Crippen LogP) is 3.98. The molecule has 0 amide bonds. The van der Waals surface area contributed by atoms with E-state index in [0.29, 0.717) is 22.1 Å². The standard InChI is InChI=1S/C16H22Cl2N2/c1-3-16-13-8-19-7-12(13)9-20(16)10(2)11-4-5-14(17)15(18)6-11/h4-6,10,12-13,16,19H,3,7-9H2,1-2H3. The van der Waals surface area contributed by atoms with Crippen molar-refractivity contribution < 1.29 is 0 Å². The molecule has 2 aliphatic heterocycles. The van der Waals surface area contributed by atoms with Crippen molar-refractivity contribution in [3.63, 3.8) is 0 Å². The molecule has 0 aliphatic carbocycles. The van der Waals surface area contributed by atoms with E-state index in [9.17, 15) is 0 Å². The number of hydrogen-bond acceptors (Lipinski definition) is 2. The lowest BCUT2D eigenvalue weighted by Gasteiger charge is -2.32. The molecule has 4 unspecified atom stereocenters. The molecule has 2 heterocycles. The summed E-state index contributed by atoms with van der Waals surface area (Å²) in [6.07, 6.45) is 1.22. The zero-order valence-electron chi connectivity index (χ0n) is 12.1. The maximum absolute atomic E-state index is 6.17. The largest absolute Gasteiger partial charge is 0.316 e. The molecular weight excluding hydrogens is 291 g/mol. The molecule has 20 heavy (non-hydrogen) atoms. The highest BCUT2D eigenvalue weighted by Crippen LogP contribution is 2.40. The van der Waals surface area contributed by atoms with Crippen molar-refractivity contribution in [3.05, 3.63) is 33.8 Å². The van der Waals surface area contributed by atoms with E-state index in [4.69, 9.17) is 23.2 Å². The lowest BCUT2D eigenvalue weighted by Crippen LogP contribution is -2.36. The van der Waals surface area contributed by atoms with E-state index >= 15 is 0 Å². The molecule has 3 rings (SSSR count). The quantitative estimate of drug-likeness (QED) is 0.908. The van der Waals surface area contributed by atoms with Crippen molar-refractivity contribution in [2.75, 3.05) is 19.6 Å². The molecule has 110 valence electrons. The second kappa shape index (κ2) is 5.84. The minimum atomic E-state index is 0.403. The Morgan fingerprint density at radius 2 is 2.10 bits per heavy atom. The number of nitrogens with zero attached hydrogens (tertiary/aromatic N) is 1. The number of hydrogen-bond donors (Lipinski definition) is 1. The monoisotopic (exact) mass is 312 g/mol. The van der Waals surface area contributed by atoms with Gasteiger partial charge in [0.15, 0.2) is 0 Å². The molecule has 1 aromatic carbocycles. The molecule has 2 nitrogen and oxygen atoms in total. The summed E-state index contributed by atoms with van der Waals surface area (Å²) in [5.74, 6) is 1.62. The van der Waals surface area contributed by atoms with Crippen molar-refractivity contribution in [1.29, 1.82) is 0 Å². The summed E-state index contributed by atoms with van der Waals surface area (Å²) >= 11 is 12.2. The molecule has 0 aromatic heterocycles. The number of fused-ring (bicyclic) bond motifs is 1. The number of benzene rings is 1. The summed E-state index contributed by atoms with van der Waals surface area (Å²) in [4.78, 5) is 2.66. The van der Waals surface area contributed by atoms with Crippen molar-refractivity contribution in [1.82, 2.24) is 10.2 Å². The maximum atomic E-state index is 6.17. The molecule has 1 aromatic rings. The van der Waals surface area contributed by atoms with Crippen molar-refractivity contribution in [3.8, 4) is 0 Å². The third-order valence-electron chi connectivity index (χ3n) is 5.10. The van der Waals surface area contributed by atoms with E-state index in [2.05, 4.69) is 30.1 Å². The molecule has 4 heteroatoms. The Kier molecular flexibility index (Phi) is 4.28. The van der Waals surface area contributed by atoms with Gasteiger partial charge in [-0.1, -0.05) is 36.2 Å². The van der Waals surface area contributed by atoms with Crippen LogP contribution in [-0.2, 0) is 0 Å². The van der Waals surface area contributed by atoms with E-state index < -0.39 is 0 Å². The molecule has 0 saturated carbocycles. The Balaban J connectivity index is 1.82. The molecular formula is C16H22Cl2N2. The van der Waals surface area contributed by atoms with Crippen LogP contribution in [0.2, 0.25) is 10.0 Å². The Morgan fingerprint density at radius 3 is 2.80 bits per heavy atom. The van der Waals surface area contributed by atoms with E-state index in [1.165, 1.54) is 31.6 Å². The van der Waals surface area contributed by atoms with Crippen LogP contribution in [0.1, 0.15) is 31.9 Å². The summed E-state index contributed by atoms with van der Waals surface area (Å²) in [6, 6.07) is 7.13. The highest BCUT2D eigenvalue weighted by atomic mass is 35.5. The van der Waals surface area contributed by atoms with Crippen LogP contribution in [0.15, 0.2) is 18.2 Å². The van der Waals surface area contributed by atoms with E-state index in [-0.39, 0.29) is 0 Å². The zero-order valence-corrected chi connectivity index (χ0v) is 13.6. The van der Waals surface area contributed by atoms with Crippen LogP contribution in [0.4, 0.5) is 0 Å². The Bertz CT molecular complexity index is 491. The third kappa shape index (κ3) is 2.48. The van der Waals surface area contributed by atoms with Crippen LogP contribution in [0.5, 0.6) is 0 Å². The van der Waals surface area contributed by atoms with Gasteiger partial charge in [-0.05, 0) is 56.0 Å². The third-order valence-corrected chi connectivity index (χ3v) is 5.84. The van der Waals surface area contributed by atoms with Crippen LogP contribution in [0, 0.1) is 11.8 Å². The second-order valence-electron chi connectivity index (χ2n) is 6.10. The minimum absolute atomic E-state index is 0.403. The van der Waals surface area contributed by atoms with Gasteiger partial charge in [-0.25, -0.2) is 0 Å². The Labute approximate surface area is 131 Å². The number of nitrogens with one attached hydrogen (secondary N) is 1. The van der Waals surface area contributed by atoms with Crippen LogP contribution >= 0.6 is 23.2 Å². The van der Waals surface area contributed by atoms with Crippen molar-refractivity contribution in [2.45, 2.75) is 32.4 Å². The Hall–Kier alpha value is -0.280. The van der Waals surface area contributed by atoms with Crippen LogP contribution in [0.25, 0.3) is 0 Å². The first-order valence-electron chi connectivity index (χ1n) is 7.53. The lowest BCUT2D eigenvalue weighted by molar-refractivity contribution is 0.165. The molecule has 2 aliphatic rings. The molecule has 0 bridgehead atoms. The van der Waals surface area contributed by atoms with E-state index in [1.807, 2.05) is 12.1 Å². The first kappa shape index (κ1) is 14.6. The van der Waals surface area contributed by atoms with Gasteiger partial charge in [0.1, 0.15) is 0 Å². The van der Waals surface area contributed by atoms with Crippen LogP contribution < -0.4 is 5.32 Å². The number of rotatable bonds is 3. The van der Waals surface area contributed by atoms with Gasteiger partial charge >= 0.3 is 0 Å². The smallest absolute Gasteiger partial charge is 0.0595 e. The van der Waals surface area contributed by atoms with Gasteiger partial charge in [0.2, 0.25) is 0 Å². The molecule has 4 atom stereocenters. The predicted molar refractivity (Wildman–Crippen MR) is 85.5 cm³/mol. The minimum Gasteiger partial charge on any atom is -0.316 e. The van der Waals surface area contributed by atoms with Gasteiger partial charge in [0.05, 0.1) is 10.0 Å². The van der Waals surface area contributed by atoms with Gasteiger partial charge in [-0.2, -0.15) is 0 Å². The fourth-order valence-corrected chi connectivity index (χ4v) is 4.31. The van der Waals surface area contributed by atoms with Gasteiger partial charge in [-0.3, -0.25) is 4.90 Å². The van der Waals surface area contributed by atoms with E-state index in [1.54, 1.807) is 0 Å². The topological polar surface area (TPSA) is 15.3 Å². The number of halogens is 2.